The van der Waals surface area contributed by atoms with E-state index in [0.29, 0.717) is 31.2 Å². The van der Waals surface area contributed by atoms with E-state index in [4.69, 9.17) is 5.11 Å². The van der Waals surface area contributed by atoms with Gasteiger partial charge in [0.1, 0.15) is 0 Å². The summed E-state index contributed by atoms with van der Waals surface area (Å²) in [6, 6.07) is 0. The predicted molar refractivity (Wildman–Crippen MR) is 65.5 cm³/mol. The maximum Gasteiger partial charge on any atom is 0.307 e. The molecule has 1 N–H and O–H groups in total. The molecule has 3 atom stereocenters. The van der Waals surface area contributed by atoms with Crippen molar-refractivity contribution in [3.8, 4) is 0 Å². The van der Waals surface area contributed by atoms with E-state index in [9.17, 15) is 9.59 Å². The van der Waals surface area contributed by atoms with Crippen LogP contribution in [0.15, 0.2) is 0 Å². The van der Waals surface area contributed by atoms with E-state index < -0.39 is 11.9 Å². The van der Waals surface area contributed by atoms with Gasteiger partial charge >= 0.3 is 5.97 Å². The van der Waals surface area contributed by atoms with Crippen molar-refractivity contribution in [1.29, 1.82) is 0 Å². The molecular weight excluding hydrogens is 218 g/mol. The van der Waals surface area contributed by atoms with Gasteiger partial charge in [0.2, 0.25) is 5.91 Å². The van der Waals surface area contributed by atoms with E-state index in [2.05, 4.69) is 13.8 Å². The molecule has 0 aromatic carbocycles. The van der Waals surface area contributed by atoms with Crippen LogP contribution in [-0.2, 0) is 9.59 Å². The molecule has 1 aliphatic carbocycles. The van der Waals surface area contributed by atoms with Crippen molar-refractivity contribution >= 4 is 11.9 Å². The fraction of sp³-hybridized carbons (Fsp3) is 0.846. The van der Waals surface area contributed by atoms with Gasteiger partial charge in [-0.25, -0.2) is 0 Å². The Morgan fingerprint density at radius 3 is 2.29 bits per heavy atom. The van der Waals surface area contributed by atoms with Crippen molar-refractivity contribution in [1.82, 2.24) is 4.90 Å². The highest BCUT2D eigenvalue weighted by molar-refractivity contribution is 5.85. The SMILES string of the molecule is CC(C)CN(C)C(=O)C1CC(C)CC1C(=O)O. The average Bonchev–Trinajstić information content (AvgIpc) is 2.58. The van der Waals surface area contributed by atoms with Crippen molar-refractivity contribution in [3.63, 3.8) is 0 Å². The molecule has 0 spiro atoms. The lowest BCUT2D eigenvalue weighted by atomic mass is 9.94. The van der Waals surface area contributed by atoms with E-state index in [1.54, 1.807) is 11.9 Å². The monoisotopic (exact) mass is 241 g/mol. The second-order valence-electron chi connectivity index (χ2n) is 5.74. The van der Waals surface area contributed by atoms with Gasteiger partial charge in [-0.3, -0.25) is 9.59 Å². The molecule has 0 bridgehead atoms. The summed E-state index contributed by atoms with van der Waals surface area (Å²) in [5, 5.41) is 9.14. The molecule has 1 amide bonds. The summed E-state index contributed by atoms with van der Waals surface area (Å²) >= 11 is 0. The average molecular weight is 241 g/mol. The second kappa shape index (κ2) is 5.52. The zero-order chi connectivity index (χ0) is 13.2. The molecular formula is C13H23NO3. The minimum Gasteiger partial charge on any atom is -0.481 e. The molecule has 1 rings (SSSR count). The molecule has 1 fully saturated rings. The second-order valence-corrected chi connectivity index (χ2v) is 5.74. The largest absolute Gasteiger partial charge is 0.481 e. The first-order valence-electron chi connectivity index (χ1n) is 6.30. The fourth-order valence-corrected chi connectivity index (χ4v) is 2.76. The van der Waals surface area contributed by atoms with Crippen molar-refractivity contribution < 1.29 is 14.7 Å². The molecule has 4 nitrogen and oxygen atoms in total. The smallest absolute Gasteiger partial charge is 0.307 e. The Labute approximate surface area is 103 Å². The minimum atomic E-state index is -0.828. The summed E-state index contributed by atoms with van der Waals surface area (Å²) in [6.45, 7) is 6.81. The van der Waals surface area contributed by atoms with Gasteiger partial charge in [-0.2, -0.15) is 0 Å². The molecule has 3 unspecified atom stereocenters. The van der Waals surface area contributed by atoms with E-state index >= 15 is 0 Å². The number of carboxylic acid groups (broad SMARTS) is 1. The number of carbonyl (C=O) groups is 2. The van der Waals surface area contributed by atoms with Gasteiger partial charge in [0.25, 0.3) is 0 Å². The zero-order valence-electron chi connectivity index (χ0n) is 11.1. The Kier molecular flexibility index (Phi) is 4.54. The first-order chi connectivity index (χ1) is 7.82. The normalized spacial score (nSPS) is 28.4. The van der Waals surface area contributed by atoms with E-state index in [1.165, 1.54) is 0 Å². The van der Waals surface area contributed by atoms with Gasteiger partial charge in [-0.1, -0.05) is 20.8 Å². The number of nitrogens with zero attached hydrogens (tertiary/aromatic N) is 1. The van der Waals surface area contributed by atoms with E-state index in [1.807, 2.05) is 6.92 Å². The Morgan fingerprint density at radius 1 is 1.29 bits per heavy atom. The van der Waals surface area contributed by atoms with Crippen LogP contribution in [0, 0.1) is 23.7 Å². The first-order valence-corrected chi connectivity index (χ1v) is 6.30. The maximum atomic E-state index is 12.2. The highest BCUT2D eigenvalue weighted by atomic mass is 16.4. The number of hydrogen-bond donors (Lipinski definition) is 1. The highest BCUT2D eigenvalue weighted by Crippen LogP contribution is 2.37. The number of amides is 1. The molecule has 0 saturated heterocycles. The summed E-state index contributed by atoms with van der Waals surface area (Å²) in [5.74, 6) is -0.914. The number of aliphatic carboxylic acids is 1. The van der Waals surface area contributed by atoms with Crippen LogP contribution in [0.4, 0.5) is 0 Å². The van der Waals surface area contributed by atoms with Gasteiger partial charge in [-0.05, 0) is 24.7 Å². The van der Waals surface area contributed by atoms with Gasteiger partial charge < -0.3 is 10.0 Å². The Balaban J connectivity index is 2.70. The summed E-state index contributed by atoms with van der Waals surface area (Å²) in [4.78, 5) is 25.0. The predicted octanol–water partition coefficient (Wildman–Crippen LogP) is 1.85. The summed E-state index contributed by atoms with van der Waals surface area (Å²) < 4.78 is 0. The summed E-state index contributed by atoms with van der Waals surface area (Å²) in [6.07, 6.45) is 1.33. The third-order valence-electron chi connectivity index (χ3n) is 3.45. The summed E-state index contributed by atoms with van der Waals surface area (Å²) in [5.41, 5.74) is 0. The molecule has 4 heteroatoms. The van der Waals surface area contributed by atoms with Crippen molar-refractivity contribution in [2.45, 2.75) is 33.6 Å². The quantitative estimate of drug-likeness (QED) is 0.817. The molecule has 0 aromatic heterocycles. The topological polar surface area (TPSA) is 57.6 Å². The lowest BCUT2D eigenvalue weighted by molar-refractivity contribution is -0.148. The Morgan fingerprint density at radius 2 is 1.82 bits per heavy atom. The Bertz CT molecular complexity index is 301. The van der Waals surface area contributed by atoms with Crippen molar-refractivity contribution in [2.75, 3.05) is 13.6 Å². The standard InChI is InChI=1S/C13H23NO3/c1-8(2)7-14(4)12(15)10-5-9(3)6-11(10)13(16)17/h8-11H,5-7H2,1-4H3,(H,16,17). The van der Waals surface area contributed by atoms with Crippen LogP contribution in [0.5, 0.6) is 0 Å². The first kappa shape index (κ1) is 14.0. The van der Waals surface area contributed by atoms with Gasteiger partial charge in [-0.15, -0.1) is 0 Å². The van der Waals surface area contributed by atoms with Gasteiger partial charge in [0, 0.05) is 13.6 Å². The number of rotatable bonds is 4. The number of hydrogen-bond acceptors (Lipinski definition) is 2. The third-order valence-corrected chi connectivity index (χ3v) is 3.45. The van der Waals surface area contributed by atoms with Gasteiger partial charge in [0.15, 0.2) is 0 Å². The van der Waals surface area contributed by atoms with Crippen LogP contribution in [0.2, 0.25) is 0 Å². The van der Waals surface area contributed by atoms with Crippen LogP contribution in [0.1, 0.15) is 33.6 Å². The van der Waals surface area contributed by atoms with Crippen molar-refractivity contribution in [3.05, 3.63) is 0 Å². The lowest BCUT2D eigenvalue weighted by Gasteiger charge is -2.24. The van der Waals surface area contributed by atoms with Crippen LogP contribution < -0.4 is 0 Å². The summed E-state index contributed by atoms with van der Waals surface area (Å²) in [7, 11) is 1.77. The number of carbonyl (C=O) groups excluding carboxylic acids is 1. The molecule has 0 aromatic rings. The van der Waals surface area contributed by atoms with Crippen molar-refractivity contribution in [2.24, 2.45) is 23.7 Å². The fourth-order valence-electron chi connectivity index (χ4n) is 2.76. The molecule has 1 saturated carbocycles. The molecule has 0 aliphatic heterocycles. The molecule has 0 heterocycles. The minimum absolute atomic E-state index is 0.00421. The molecule has 17 heavy (non-hydrogen) atoms. The number of carboxylic acids is 1. The molecule has 0 radical (unpaired) electrons. The lowest BCUT2D eigenvalue weighted by Crippen LogP contribution is -2.38. The molecule has 98 valence electrons. The zero-order valence-corrected chi connectivity index (χ0v) is 11.1. The van der Waals surface area contributed by atoms with Crippen LogP contribution in [0.3, 0.4) is 0 Å². The molecule has 1 aliphatic rings. The van der Waals surface area contributed by atoms with Crippen LogP contribution in [-0.4, -0.2) is 35.5 Å². The van der Waals surface area contributed by atoms with E-state index in [0.717, 1.165) is 0 Å². The van der Waals surface area contributed by atoms with Gasteiger partial charge in [0.05, 0.1) is 11.8 Å². The Hall–Kier alpha value is -1.06. The third kappa shape index (κ3) is 3.45. The maximum absolute atomic E-state index is 12.2. The van der Waals surface area contributed by atoms with Crippen LogP contribution in [0.25, 0.3) is 0 Å². The van der Waals surface area contributed by atoms with E-state index in [-0.39, 0.29) is 11.8 Å². The van der Waals surface area contributed by atoms with Crippen LogP contribution >= 0.6 is 0 Å². The highest BCUT2D eigenvalue weighted by Gasteiger charge is 2.42.